The zero-order valence-electron chi connectivity index (χ0n) is 12.5. The number of hydrogen-bond acceptors (Lipinski definition) is 3. The van der Waals surface area contributed by atoms with Gasteiger partial charge in [-0.25, -0.2) is 0 Å². The van der Waals surface area contributed by atoms with Crippen molar-refractivity contribution in [1.82, 2.24) is 10.2 Å². The van der Waals surface area contributed by atoms with Gasteiger partial charge in [0.2, 0.25) is 0 Å². The zero-order chi connectivity index (χ0) is 13.8. The molecule has 110 valence electrons. The van der Waals surface area contributed by atoms with E-state index in [4.69, 9.17) is 4.74 Å². The Morgan fingerprint density at radius 1 is 1.35 bits per heavy atom. The Hall–Kier alpha value is -1.06. The van der Waals surface area contributed by atoms with Crippen LogP contribution < -0.4 is 10.1 Å². The summed E-state index contributed by atoms with van der Waals surface area (Å²) in [7, 11) is 0. The molecule has 0 aliphatic carbocycles. The number of piperidine rings is 1. The minimum atomic E-state index is 0.611. The van der Waals surface area contributed by atoms with Crippen molar-refractivity contribution in [3.05, 3.63) is 29.8 Å². The van der Waals surface area contributed by atoms with Gasteiger partial charge in [0.1, 0.15) is 12.4 Å². The quantitative estimate of drug-likeness (QED) is 0.917. The minimum absolute atomic E-state index is 0.611. The highest BCUT2D eigenvalue weighted by molar-refractivity contribution is 5.33. The summed E-state index contributed by atoms with van der Waals surface area (Å²) in [5, 5.41) is 3.67. The Bertz CT molecular complexity index is 429. The van der Waals surface area contributed by atoms with Gasteiger partial charge in [0.05, 0.1) is 0 Å². The molecule has 0 radical (unpaired) electrons. The normalized spacial score (nSPS) is 25.4. The maximum absolute atomic E-state index is 5.86. The lowest BCUT2D eigenvalue weighted by molar-refractivity contribution is 0.157. The second-order valence-electron chi connectivity index (χ2n) is 6.16. The Morgan fingerprint density at radius 3 is 3.10 bits per heavy atom. The summed E-state index contributed by atoms with van der Waals surface area (Å²) >= 11 is 0. The number of fused-ring (bicyclic) bond motifs is 1. The summed E-state index contributed by atoms with van der Waals surface area (Å²) in [5.41, 5.74) is 1.33. The van der Waals surface area contributed by atoms with Crippen molar-refractivity contribution in [2.24, 2.45) is 0 Å². The minimum Gasteiger partial charge on any atom is -0.492 e. The summed E-state index contributed by atoms with van der Waals surface area (Å²) in [5.74, 6) is 1.07. The van der Waals surface area contributed by atoms with E-state index in [9.17, 15) is 0 Å². The van der Waals surface area contributed by atoms with Crippen LogP contribution >= 0.6 is 0 Å². The third-order valence-electron chi connectivity index (χ3n) is 4.64. The molecule has 0 amide bonds. The first kappa shape index (κ1) is 13.9. The lowest BCUT2D eigenvalue weighted by Gasteiger charge is -2.32. The molecule has 1 aromatic rings. The molecule has 0 aromatic heterocycles. The largest absolute Gasteiger partial charge is 0.492 e. The number of nitrogens with zero attached hydrogens (tertiary/aromatic N) is 1. The van der Waals surface area contributed by atoms with Crippen LogP contribution in [0.15, 0.2) is 24.3 Å². The average molecular weight is 274 g/mol. The van der Waals surface area contributed by atoms with Gasteiger partial charge in [0, 0.05) is 30.7 Å². The van der Waals surface area contributed by atoms with Gasteiger partial charge in [-0.2, -0.15) is 0 Å². The molecule has 2 heterocycles. The van der Waals surface area contributed by atoms with E-state index < -0.39 is 0 Å². The molecule has 0 bridgehead atoms. The predicted octanol–water partition coefficient (Wildman–Crippen LogP) is 2.80. The van der Waals surface area contributed by atoms with Crippen molar-refractivity contribution in [3.63, 3.8) is 0 Å². The van der Waals surface area contributed by atoms with Gasteiger partial charge < -0.3 is 10.1 Å². The highest BCUT2D eigenvalue weighted by Crippen LogP contribution is 2.25. The molecule has 3 nitrogen and oxygen atoms in total. The van der Waals surface area contributed by atoms with Crippen molar-refractivity contribution in [1.29, 1.82) is 0 Å². The molecule has 20 heavy (non-hydrogen) atoms. The van der Waals surface area contributed by atoms with E-state index >= 15 is 0 Å². The highest BCUT2D eigenvalue weighted by atomic mass is 16.5. The molecule has 1 N–H and O–H groups in total. The van der Waals surface area contributed by atoms with Crippen molar-refractivity contribution < 1.29 is 4.74 Å². The molecule has 1 aromatic carbocycles. The van der Waals surface area contributed by atoms with Crippen LogP contribution in [0.25, 0.3) is 0 Å². The first-order valence-corrected chi connectivity index (χ1v) is 8.01. The molecular weight excluding hydrogens is 248 g/mol. The fourth-order valence-corrected chi connectivity index (χ4v) is 3.41. The van der Waals surface area contributed by atoms with Crippen LogP contribution in [0, 0.1) is 0 Å². The third kappa shape index (κ3) is 3.33. The standard InChI is InChI=1S/C17H26N2O/c1-14(12-16-7-4-5-9-18-16)19-10-11-20-17-8-3-2-6-15(17)13-19/h2-3,6,8,14,16,18H,4-5,7,9-13H2,1H3. The van der Waals surface area contributed by atoms with Crippen LogP contribution in [0.3, 0.4) is 0 Å². The summed E-state index contributed by atoms with van der Waals surface area (Å²) in [4.78, 5) is 2.57. The van der Waals surface area contributed by atoms with E-state index in [1.807, 2.05) is 0 Å². The third-order valence-corrected chi connectivity index (χ3v) is 4.64. The smallest absolute Gasteiger partial charge is 0.123 e. The van der Waals surface area contributed by atoms with Crippen molar-refractivity contribution >= 4 is 0 Å². The summed E-state index contributed by atoms with van der Waals surface area (Å²) < 4.78 is 5.86. The van der Waals surface area contributed by atoms with Gasteiger partial charge in [-0.3, -0.25) is 4.90 Å². The summed E-state index contributed by atoms with van der Waals surface area (Å²) in [6.07, 6.45) is 5.32. The summed E-state index contributed by atoms with van der Waals surface area (Å²) in [6, 6.07) is 9.77. The van der Waals surface area contributed by atoms with E-state index in [0.29, 0.717) is 12.1 Å². The molecule has 2 atom stereocenters. The molecule has 2 aliphatic rings. The van der Waals surface area contributed by atoms with E-state index in [-0.39, 0.29) is 0 Å². The molecule has 2 aliphatic heterocycles. The fourth-order valence-electron chi connectivity index (χ4n) is 3.41. The van der Waals surface area contributed by atoms with Crippen LogP contribution in [0.4, 0.5) is 0 Å². The van der Waals surface area contributed by atoms with E-state index in [2.05, 4.69) is 41.4 Å². The van der Waals surface area contributed by atoms with Gasteiger partial charge in [-0.05, 0) is 38.8 Å². The Morgan fingerprint density at radius 2 is 2.25 bits per heavy atom. The van der Waals surface area contributed by atoms with Crippen molar-refractivity contribution in [2.75, 3.05) is 19.7 Å². The van der Waals surface area contributed by atoms with Gasteiger partial charge in [0.15, 0.2) is 0 Å². The van der Waals surface area contributed by atoms with Gasteiger partial charge in [-0.15, -0.1) is 0 Å². The summed E-state index contributed by atoms with van der Waals surface area (Å²) in [6.45, 7) is 6.42. The van der Waals surface area contributed by atoms with Crippen LogP contribution in [0.2, 0.25) is 0 Å². The van der Waals surface area contributed by atoms with Crippen molar-refractivity contribution in [3.8, 4) is 5.75 Å². The monoisotopic (exact) mass is 274 g/mol. The number of benzene rings is 1. The molecule has 0 saturated carbocycles. The Kier molecular flexibility index (Phi) is 4.58. The van der Waals surface area contributed by atoms with E-state index in [0.717, 1.165) is 25.4 Å². The molecule has 3 rings (SSSR count). The lowest BCUT2D eigenvalue weighted by atomic mass is 9.98. The number of para-hydroxylation sites is 1. The predicted molar refractivity (Wildman–Crippen MR) is 82.1 cm³/mol. The maximum Gasteiger partial charge on any atom is 0.123 e. The van der Waals surface area contributed by atoms with Crippen LogP contribution in [0.5, 0.6) is 5.75 Å². The van der Waals surface area contributed by atoms with Gasteiger partial charge >= 0.3 is 0 Å². The fraction of sp³-hybridized carbons (Fsp3) is 0.647. The first-order chi connectivity index (χ1) is 9.83. The molecular formula is C17H26N2O. The lowest BCUT2D eigenvalue weighted by Crippen LogP contribution is -2.42. The maximum atomic E-state index is 5.86. The Labute approximate surface area is 122 Å². The average Bonchev–Trinajstić information content (AvgIpc) is 2.70. The SMILES string of the molecule is CC(CC1CCCCN1)N1CCOc2ccccc2C1. The topological polar surface area (TPSA) is 24.5 Å². The number of hydrogen-bond donors (Lipinski definition) is 1. The molecule has 1 saturated heterocycles. The van der Waals surface area contributed by atoms with Crippen molar-refractivity contribution in [2.45, 2.75) is 51.2 Å². The molecule has 0 spiro atoms. The second-order valence-corrected chi connectivity index (χ2v) is 6.16. The number of nitrogens with one attached hydrogen (secondary N) is 1. The van der Waals surface area contributed by atoms with E-state index in [1.54, 1.807) is 0 Å². The van der Waals surface area contributed by atoms with Crippen LogP contribution in [0.1, 0.15) is 38.2 Å². The second kappa shape index (κ2) is 6.59. The molecule has 2 unspecified atom stereocenters. The Balaban J connectivity index is 1.61. The molecule has 1 fully saturated rings. The van der Waals surface area contributed by atoms with Crippen LogP contribution in [-0.4, -0.2) is 36.7 Å². The highest BCUT2D eigenvalue weighted by Gasteiger charge is 2.23. The molecule has 3 heteroatoms. The number of ether oxygens (including phenoxy) is 1. The number of rotatable bonds is 3. The van der Waals surface area contributed by atoms with E-state index in [1.165, 1.54) is 37.8 Å². The van der Waals surface area contributed by atoms with Crippen LogP contribution in [-0.2, 0) is 6.54 Å². The zero-order valence-corrected chi connectivity index (χ0v) is 12.5. The van der Waals surface area contributed by atoms with Gasteiger partial charge in [0.25, 0.3) is 0 Å². The van der Waals surface area contributed by atoms with Gasteiger partial charge in [-0.1, -0.05) is 24.6 Å². The first-order valence-electron chi connectivity index (χ1n) is 8.01.